The maximum Gasteiger partial charge on any atom is 0.419 e. The third-order valence-corrected chi connectivity index (χ3v) is 3.00. The van der Waals surface area contributed by atoms with Crippen molar-refractivity contribution in [2.24, 2.45) is 0 Å². The Kier molecular flexibility index (Phi) is 3.61. The van der Waals surface area contributed by atoms with Crippen LogP contribution >= 0.6 is 11.3 Å². The molecule has 0 atom stereocenters. The number of rotatable bonds is 3. The molecular formula is C11H8F4N2OS. The van der Waals surface area contributed by atoms with Gasteiger partial charge in [-0.15, -0.1) is 0 Å². The highest BCUT2D eigenvalue weighted by molar-refractivity contribution is 7.15. The minimum Gasteiger partial charge on any atom is -0.488 e. The van der Waals surface area contributed by atoms with Gasteiger partial charge >= 0.3 is 6.18 Å². The van der Waals surface area contributed by atoms with Gasteiger partial charge in [0.1, 0.15) is 18.2 Å². The van der Waals surface area contributed by atoms with Crippen LogP contribution in [-0.2, 0) is 12.8 Å². The minimum absolute atomic E-state index is 0.0256. The molecule has 0 aliphatic rings. The molecular weight excluding hydrogens is 284 g/mol. The van der Waals surface area contributed by atoms with Crippen molar-refractivity contribution in [3.63, 3.8) is 0 Å². The predicted octanol–water partition coefficient (Wildman–Crippen LogP) is 3.46. The summed E-state index contributed by atoms with van der Waals surface area (Å²) in [6.07, 6.45) is -3.29. The van der Waals surface area contributed by atoms with E-state index in [4.69, 9.17) is 10.5 Å². The van der Waals surface area contributed by atoms with Gasteiger partial charge in [0.15, 0.2) is 5.13 Å². The molecule has 0 aliphatic carbocycles. The Balaban J connectivity index is 2.13. The third kappa shape index (κ3) is 3.34. The first-order valence-corrected chi connectivity index (χ1v) is 5.87. The maximum absolute atomic E-state index is 13.0. The third-order valence-electron chi connectivity index (χ3n) is 2.20. The predicted molar refractivity (Wildman–Crippen MR) is 62.3 cm³/mol. The summed E-state index contributed by atoms with van der Waals surface area (Å²) >= 11 is 1.17. The van der Waals surface area contributed by atoms with Gasteiger partial charge in [-0.3, -0.25) is 0 Å². The van der Waals surface area contributed by atoms with Crippen molar-refractivity contribution in [1.29, 1.82) is 0 Å². The summed E-state index contributed by atoms with van der Waals surface area (Å²) in [4.78, 5) is 4.44. The number of ether oxygens (including phenoxy) is 1. The van der Waals surface area contributed by atoms with Crippen molar-refractivity contribution >= 4 is 16.5 Å². The van der Waals surface area contributed by atoms with E-state index in [-0.39, 0.29) is 12.4 Å². The average molecular weight is 292 g/mol. The van der Waals surface area contributed by atoms with Crippen molar-refractivity contribution in [3.8, 4) is 5.75 Å². The largest absolute Gasteiger partial charge is 0.488 e. The molecule has 102 valence electrons. The van der Waals surface area contributed by atoms with Crippen LogP contribution in [0.25, 0.3) is 0 Å². The molecule has 2 N–H and O–H groups in total. The summed E-state index contributed by atoms with van der Waals surface area (Å²) < 4.78 is 55.6. The number of thiazole rings is 1. The molecule has 0 aliphatic heterocycles. The number of aromatic nitrogens is 1. The Morgan fingerprint density at radius 2 is 2.05 bits per heavy atom. The molecule has 3 nitrogen and oxygen atoms in total. The van der Waals surface area contributed by atoms with Crippen LogP contribution in [0.4, 0.5) is 22.7 Å². The molecule has 2 rings (SSSR count). The van der Waals surface area contributed by atoms with Crippen molar-refractivity contribution in [3.05, 3.63) is 40.7 Å². The van der Waals surface area contributed by atoms with Crippen molar-refractivity contribution in [2.75, 3.05) is 5.73 Å². The smallest absolute Gasteiger partial charge is 0.419 e. The summed E-state index contributed by atoms with van der Waals surface area (Å²) in [5.74, 6) is -1.40. The molecule has 1 aromatic carbocycles. The first-order valence-electron chi connectivity index (χ1n) is 5.06. The van der Waals surface area contributed by atoms with Crippen LogP contribution < -0.4 is 10.5 Å². The van der Waals surface area contributed by atoms with E-state index in [1.54, 1.807) is 0 Å². The van der Waals surface area contributed by atoms with Gasteiger partial charge in [0.25, 0.3) is 0 Å². The van der Waals surface area contributed by atoms with Crippen molar-refractivity contribution in [1.82, 2.24) is 4.98 Å². The molecule has 0 saturated carbocycles. The maximum atomic E-state index is 13.0. The van der Waals surface area contributed by atoms with Gasteiger partial charge in [-0.05, 0) is 18.2 Å². The number of nitrogens with zero attached hydrogens (tertiary/aromatic N) is 1. The molecule has 1 aromatic heterocycles. The normalized spacial score (nSPS) is 11.6. The van der Waals surface area contributed by atoms with Gasteiger partial charge in [0, 0.05) is 6.20 Å². The molecule has 1 heterocycles. The molecule has 0 fully saturated rings. The lowest BCUT2D eigenvalue weighted by Gasteiger charge is -2.10. The average Bonchev–Trinajstić information content (AvgIpc) is 2.72. The number of hydrogen-bond acceptors (Lipinski definition) is 4. The van der Waals surface area contributed by atoms with E-state index in [1.165, 1.54) is 17.5 Å². The summed E-state index contributed by atoms with van der Waals surface area (Å²) in [6.45, 7) is 0.0256. The number of halogens is 4. The molecule has 8 heteroatoms. The van der Waals surface area contributed by atoms with Crippen LogP contribution in [-0.4, -0.2) is 4.98 Å². The van der Waals surface area contributed by atoms with Gasteiger partial charge in [-0.25, -0.2) is 9.37 Å². The van der Waals surface area contributed by atoms with E-state index in [0.29, 0.717) is 16.1 Å². The Morgan fingerprint density at radius 1 is 1.32 bits per heavy atom. The van der Waals surface area contributed by atoms with E-state index in [2.05, 4.69) is 4.98 Å². The first-order chi connectivity index (χ1) is 8.86. The summed E-state index contributed by atoms with van der Waals surface area (Å²) in [5.41, 5.74) is 4.05. The second-order valence-corrected chi connectivity index (χ2v) is 4.74. The zero-order valence-corrected chi connectivity index (χ0v) is 10.2. The molecule has 19 heavy (non-hydrogen) atoms. The Hall–Kier alpha value is -1.83. The minimum atomic E-state index is -4.75. The van der Waals surface area contributed by atoms with Crippen LogP contribution in [0, 0.1) is 5.82 Å². The quantitative estimate of drug-likeness (QED) is 0.881. The molecule has 0 bridgehead atoms. The highest BCUT2D eigenvalue weighted by Crippen LogP contribution is 2.33. The first kappa shape index (κ1) is 13.6. The van der Waals surface area contributed by atoms with Gasteiger partial charge in [0.05, 0.1) is 10.4 Å². The Morgan fingerprint density at radius 3 is 2.63 bits per heavy atom. The van der Waals surface area contributed by atoms with E-state index in [1.807, 2.05) is 0 Å². The molecule has 0 radical (unpaired) electrons. The van der Waals surface area contributed by atoms with E-state index in [0.717, 1.165) is 12.1 Å². The van der Waals surface area contributed by atoms with Crippen LogP contribution in [0.3, 0.4) is 0 Å². The number of benzene rings is 1. The Bertz CT molecular complexity index is 582. The topological polar surface area (TPSA) is 48.1 Å². The van der Waals surface area contributed by atoms with Gasteiger partial charge in [-0.1, -0.05) is 11.3 Å². The van der Waals surface area contributed by atoms with E-state index < -0.39 is 17.6 Å². The molecule has 2 aromatic rings. The summed E-state index contributed by atoms with van der Waals surface area (Å²) in [6, 6.07) is 2.48. The van der Waals surface area contributed by atoms with Gasteiger partial charge < -0.3 is 10.5 Å². The number of anilines is 1. The lowest BCUT2D eigenvalue weighted by molar-refractivity contribution is -0.140. The number of nitrogens with two attached hydrogens (primary N) is 1. The van der Waals surface area contributed by atoms with Crippen LogP contribution in [0.15, 0.2) is 24.4 Å². The fourth-order valence-corrected chi connectivity index (χ4v) is 1.95. The molecule has 0 amide bonds. The summed E-state index contributed by atoms with van der Waals surface area (Å²) in [5, 5.41) is 0.341. The van der Waals surface area contributed by atoms with Crippen LogP contribution in [0.5, 0.6) is 5.75 Å². The van der Waals surface area contributed by atoms with Gasteiger partial charge in [0.2, 0.25) is 0 Å². The van der Waals surface area contributed by atoms with Crippen LogP contribution in [0.1, 0.15) is 10.4 Å². The standard InChI is InChI=1S/C11H8F4N2OS/c12-9-2-1-6(3-8(9)11(13,14)15)18-5-7-4-17-10(16)19-7/h1-4H,5H2,(H2,16,17). The fraction of sp³-hybridized carbons (Fsp3) is 0.182. The van der Waals surface area contributed by atoms with E-state index in [9.17, 15) is 17.6 Å². The lowest BCUT2D eigenvalue weighted by atomic mass is 10.2. The molecule has 0 unspecified atom stereocenters. The SMILES string of the molecule is Nc1ncc(COc2ccc(F)c(C(F)(F)F)c2)s1. The molecule has 0 saturated heterocycles. The zero-order valence-electron chi connectivity index (χ0n) is 9.37. The monoisotopic (exact) mass is 292 g/mol. The highest BCUT2D eigenvalue weighted by Gasteiger charge is 2.34. The van der Waals surface area contributed by atoms with E-state index >= 15 is 0 Å². The summed E-state index contributed by atoms with van der Waals surface area (Å²) in [7, 11) is 0. The fourth-order valence-electron chi connectivity index (χ4n) is 1.36. The van der Waals surface area contributed by atoms with Crippen LogP contribution in [0.2, 0.25) is 0 Å². The van der Waals surface area contributed by atoms with Crippen molar-refractivity contribution in [2.45, 2.75) is 12.8 Å². The molecule has 0 spiro atoms. The second kappa shape index (κ2) is 5.04. The second-order valence-electron chi connectivity index (χ2n) is 3.59. The lowest BCUT2D eigenvalue weighted by Crippen LogP contribution is -2.08. The highest BCUT2D eigenvalue weighted by atomic mass is 32.1. The number of nitrogen functional groups attached to an aromatic ring is 1. The van der Waals surface area contributed by atoms with Gasteiger partial charge in [-0.2, -0.15) is 13.2 Å². The zero-order chi connectivity index (χ0) is 14.0. The number of hydrogen-bond donors (Lipinski definition) is 1. The number of alkyl halides is 3. The van der Waals surface area contributed by atoms with Crippen molar-refractivity contribution < 1.29 is 22.3 Å². The Labute approximate surface area is 109 Å².